The summed E-state index contributed by atoms with van der Waals surface area (Å²) < 4.78 is 0. The lowest BCUT2D eigenvalue weighted by molar-refractivity contribution is 0.104. The van der Waals surface area contributed by atoms with E-state index in [-0.39, 0.29) is 0 Å². The molecule has 0 N–H and O–H groups in total. The number of allylic oxidation sites excluding steroid dienone is 1. The molecule has 0 saturated heterocycles. The van der Waals surface area contributed by atoms with Gasteiger partial charge in [-0.1, -0.05) is 40.7 Å². The van der Waals surface area contributed by atoms with Crippen LogP contribution in [0.4, 0.5) is 0 Å². The second kappa shape index (κ2) is 4.11. The standard InChI is InChI=1S/C12H24/c1-7-11(5,8-2)12(6,9-3)10-4/h7H,1,8-10H2,2-6H3. The quantitative estimate of drug-likeness (QED) is 0.533. The first-order valence-corrected chi connectivity index (χ1v) is 5.13. The van der Waals surface area contributed by atoms with E-state index in [1.165, 1.54) is 19.3 Å². The molecule has 1 atom stereocenters. The Hall–Kier alpha value is -0.260. The van der Waals surface area contributed by atoms with Gasteiger partial charge in [0, 0.05) is 0 Å². The van der Waals surface area contributed by atoms with Gasteiger partial charge in [0.15, 0.2) is 0 Å². The first kappa shape index (κ1) is 11.7. The SMILES string of the molecule is C=CC(C)(CC)C(C)(CC)CC. The van der Waals surface area contributed by atoms with Crippen molar-refractivity contribution in [2.45, 2.75) is 53.9 Å². The highest BCUT2D eigenvalue weighted by Crippen LogP contribution is 2.47. The van der Waals surface area contributed by atoms with E-state index in [4.69, 9.17) is 0 Å². The molecule has 0 aromatic carbocycles. The van der Waals surface area contributed by atoms with Gasteiger partial charge in [-0.05, 0) is 30.1 Å². The molecule has 0 aliphatic rings. The van der Waals surface area contributed by atoms with Crippen LogP contribution >= 0.6 is 0 Å². The Morgan fingerprint density at radius 2 is 1.42 bits per heavy atom. The van der Waals surface area contributed by atoms with Gasteiger partial charge in [-0.25, -0.2) is 0 Å². The average Bonchev–Trinajstić information content (AvgIpc) is 2.15. The van der Waals surface area contributed by atoms with Crippen LogP contribution in [0.5, 0.6) is 0 Å². The van der Waals surface area contributed by atoms with Crippen LogP contribution in [0.2, 0.25) is 0 Å². The zero-order valence-corrected chi connectivity index (χ0v) is 9.41. The first-order valence-electron chi connectivity index (χ1n) is 5.13. The molecule has 12 heavy (non-hydrogen) atoms. The molecule has 0 nitrogen and oxygen atoms in total. The Bertz CT molecular complexity index is 142. The van der Waals surface area contributed by atoms with Gasteiger partial charge < -0.3 is 0 Å². The predicted molar refractivity (Wildman–Crippen MR) is 57.3 cm³/mol. The smallest absolute Gasteiger partial charge is 0.00982 e. The molecule has 0 fully saturated rings. The molecule has 0 amide bonds. The maximum absolute atomic E-state index is 3.97. The summed E-state index contributed by atoms with van der Waals surface area (Å²) in [6, 6.07) is 0. The molecule has 1 unspecified atom stereocenters. The molecule has 72 valence electrons. The Morgan fingerprint density at radius 3 is 1.50 bits per heavy atom. The number of hydrogen-bond donors (Lipinski definition) is 0. The van der Waals surface area contributed by atoms with Gasteiger partial charge in [-0.2, -0.15) is 0 Å². The summed E-state index contributed by atoms with van der Waals surface area (Å²) in [5.74, 6) is 0. The van der Waals surface area contributed by atoms with Crippen LogP contribution in [0.1, 0.15) is 53.9 Å². The van der Waals surface area contributed by atoms with Crippen LogP contribution in [0.15, 0.2) is 12.7 Å². The average molecular weight is 168 g/mol. The fraction of sp³-hybridized carbons (Fsp3) is 0.833. The van der Waals surface area contributed by atoms with Gasteiger partial charge in [0.2, 0.25) is 0 Å². The Labute approximate surface area is 78.1 Å². The fourth-order valence-electron chi connectivity index (χ4n) is 1.88. The van der Waals surface area contributed by atoms with Crippen molar-refractivity contribution < 1.29 is 0 Å². The summed E-state index contributed by atoms with van der Waals surface area (Å²) >= 11 is 0. The first-order chi connectivity index (χ1) is 5.49. The van der Waals surface area contributed by atoms with E-state index in [9.17, 15) is 0 Å². The monoisotopic (exact) mass is 168 g/mol. The minimum Gasteiger partial charge on any atom is -0.103 e. The van der Waals surface area contributed by atoms with Crippen molar-refractivity contribution in [3.8, 4) is 0 Å². The lowest BCUT2D eigenvalue weighted by Gasteiger charge is -2.43. The third-order valence-corrected chi connectivity index (χ3v) is 4.12. The maximum Gasteiger partial charge on any atom is -0.00982 e. The van der Waals surface area contributed by atoms with Crippen molar-refractivity contribution >= 4 is 0 Å². The molecule has 0 heterocycles. The summed E-state index contributed by atoms with van der Waals surface area (Å²) in [5.41, 5.74) is 0.722. The van der Waals surface area contributed by atoms with E-state index in [1.54, 1.807) is 0 Å². The largest absolute Gasteiger partial charge is 0.103 e. The van der Waals surface area contributed by atoms with E-state index in [0.29, 0.717) is 10.8 Å². The number of hydrogen-bond acceptors (Lipinski definition) is 0. The van der Waals surface area contributed by atoms with Crippen molar-refractivity contribution in [3.63, 3.8) is 0 Å². The minimum absolute atomic E-state index is 0.302. The van der Waals surface area contributed by atoms with Gasteiger partial charge in [0.25, 0.3) is 0 Å². The highest BCUT2D eigenvalue weighted by molar-refractivity contribution is 5.01. The van der Waals surface area contributed by atoms with Crippen molar-refractivity contribution in [1.29, 1.82) is 0 Å². The van der Waals surface area contributed by atoms with Gasteiger partial charge >= 0.3 is 0 Å². The van der Waals surface area contributed by atoms with Gasteiger partial charge in [0.1, 0.15) is 0 Å². The summed E-state index contributed by atoms with van der Waals surface area (Å²) in [6.45, 7) is 15.5. The highest BCUT2D eigenvalue weighted by Gasteiger charge is 2.37. The second-order valence-electron chi connectivity index (χ2n) is 4.24. The van der Waals surface area contributed by atoms with Crippen molar-refractivity contribution in [2.75, 3.05) is 0 Å². The Morgan fingerprint density at radius 1 is 1.00 bits per heavy atom. The van der Waals surface area contributed by atoms with Crippen LogP contribution in [0.25, 0.3) is 0 Å². The summed E-state index contributed by atoms with van der Waals surface area (Å²) in [5, 5.41) is 0. The van der Waals surface area contributed by atoms with E-state index in [1.807, 2.05) is 0 Å². The van der Waals surface area contributed by atoms with Crippen molar-refractivity contribution in [3.05, 3.63) is 12.7 Å². The van der Waals surface area contributed by atoms with E-state index in [0.717, 1.165) is 0 Å². The summed E-state index contributed by atoms with van der Waals surface area (Å²) in [6.07, 6.45) is 5.80. The minimum atomic E-state index is 0.302. The van der Waals surface area contributed by atoms with E-state index in [2.05, 4.69) is 47.3 Å². The highest BCUT2D eigenvalue weighted by atomic mass is 14.4. The molecule has 0 aromatic heterocycles. The molecule has 0 bridgehead atoms. The Kier molecular flexibility index (Phi) is 4.02. The van der Waals surface area contributed by atoms with Crippen LogP contribution in [-0.4, -0.2) is 0 Å². The predicted octanol–water partition coefficient (Wildman–Crippen LogP) is 4.42. The number of rotatable bonds is 5. The maximum atomic E-state index is 3.97. The van der Waals surface area contributed by atoms with Crippen LogP contribution in [0, 0.1) is 10.8 Å². The molecule has 0 aliphatic heterocycles. The molecule has 0 rings (SSSR count). The lowest BCUT2D eigenvalue weighted by Crippen LogP contribution is -2.34. The van der Waals surface area contributed by atoms with E-state index >= 15 is 0 Å². The van der Waals surface area contributed by atoms with Gasteiger partial charge in [-0.3, -0.25) is 0 Å². The topological polar surface area (TPSA) is 0 Å². The molecular formula is C12H24. The van der Waals surface area contributed by atoms with Crippen molar-refractivity contribution in [2.24, 2.45) is 10.8 Å². The molecule has 0 radical (unpaired) electrons. The zero-order valence-electron chi connectivity index (χ0n) is 9.41. The molecule has 0 aromatic rings. The normalized spacial score (nSPS) is 17.1. The molecule has 0 saturated carbocycles. The Balaban J connectivity index is 4.78. The molecule has 0 aliphatic carbocycles. The molecular weight excluding hydrogens is 144 g/mol. The van der Waals surface area contributed by atoms with Crippen molar-refractivity contribution in [1.82, 2.24) is 0 Å². The van der Waals surface area contributed by atoms with Crippen LogP contribution in [0.3, 0.4) is 0 Å². The lowest BCUT2D eigenvalue weighted by atomic mass is 9.61. The van der Waals surface area contributed by atoms with Crippen LogP contribution in [-0.2, 0) is 0 Å². The second-order valence-corrected chi connectivity index (χ2v) is 4.24. The third kappa shape index (κ3) is 1.73. The zero-order chi connectivity index (χ0) is 9.83. The third-order valence-electron chi connectivity index (χ3n) is 4.12. The molecule has 0 heteroatoms. The van der Waals surface area contributed by atoms with Crippen LogP contribution < -0.4 is 0 Å². The van der Waals surface area contributed by atoms with Gasteiger partial charge in [0.05, 0.1) is 0 Å². The summed E-state index contributed by atoms with van der Waals surface area (Å²) in [4.78, 5) is 0. The van der Waals surface area contributed by atoms with E-state index < -0.39 is 0 Å². The van der Waals surface area contributed by atoms with Gasteiger partial charge in [-0.15, -0.1) is 6.58 Å². The fourth-order valence-corrected chi connectivity index (χ4v) is 1.88. The summed E-state index contributed by atoms with van der Waals surface area (Å²) in [7, 11) is 0. The molecule has 0 spiro atoms.